The van der Waals surface area contributed by atoms with Crippen molar-refractivity contribution in [2.75, 3.05) is 6.61 Å². The molecule has 5 heteroatoms. The van der Waals surface area contributed by atoms with Gasteiger partial charge in [0.15, 0.2) is 0 Å². The van der Waals surface area contributed by atoms with Crippen LogP contribution in [0.5, 0.6) is 0 Å². The molecule has 1 aromatic carbocycles. The number of aliphatic hydroxyl groups excluding tert-OH is 1. The van der Waals surface area contributed by atoms with Crippen molar-refractivity contribution in [3.63, 3.8) is 0 Å². The fraction of sp³-hybridized carbons (Fsp3) is 0.615. The molecule has 4 unspecified atom stereocenters. The van der Waals surface area contributed by atoms with Crippen LogP contribution in [0.15, 0.2) is 36.4 Å². The Morgan fingerprint density at radius 2 is 1.94 bits per heavy atom. The monoisotopic (exact) mass is 536 g/mol. The van der Waals surface area contributed by atoms with Crippen LogP contribution >= 0.6 is 22.9 Å². The maximum Gasteiger partial charge on any atom is 0.0631 e. The third-order valence-electron chi connectivity index (χ3n) is 6.77. The molecule has 31 heavy (non-hydrogen) atoms. The minimum Gasteiger partial charge on any atom is -0.392 e. The maximum atomic E-state index is 10.8. The number of aliphatic hydroxyl groups is 1. The average Bonchev–Trinajstić information content (AvgIpc) is 3.38. The van der Waals surface area contributed by atoms with Gasteiger partial charge < -0.3 is 9.84 Å². The first kappa shape index (κ1) is 27.5. The van der Waals surface area contributed by atoms with Crippen molar-refractivity contribution < 1.29 is 42.6 Å². The molecule has 1 aromatic heterocycles. The van der Waals surface area contributed by atoms with Gasteiger partial charge in [0.1, 0.15) is 0 Å². The third kappa shape index (κ3) is 7.36. The van der Waals surface area contributed by atoms with Gasteiger partial charge in [0.2, 0.25) is 0 Å². The Balaban J connectivity index is 0.00000341. The number of ether oxygens (including phenoxy) is 1. The molecule has 1 saturated carbocycles. The van der Waals surface area contributed by atoms with E-state index in [0.29, 0.717) is 18.4 Å². The second-order valence-electron chi connectivity index (χ2n) is 9.27. The van der Waals surface area contributed by atoms with Crippen molar-refractivity contribution in [2.24, 2.45) is 5.92 Å². The summed E-state index contributed by atoms with van der Waals surface area (Å²) in [7, 11) is 0. The van der Waals surface area contributed by atoms with E-state index in [1.807, 2.05) is 6.07 Å². The molecule has 1 radical (unpaired) electrons. The van der Waals surface area contributed by atoms with Gasteiger partial charge >= 0.3 is 0 Å². The van der Waals surface area contributed by atoms with Crippen molar-refractivity contribution in [1.29, 1.82) is 0 Å². The van der Waals surface area contributed by atoms with Gasteiger partial charge in [-0.05, 0) is 36.3 Å². The van der Waals surface area contributed by atoms with E-state index in [0.717, 1.165) is 32.3 Å². The molecule has 1 fully saturated rings. The van der Waals surface area contributed by atoms with Crippen LogP contribution in [0.3, 0.4) is 0 Å². The number of thiophene rings is 1. The van der Waals surface area contributed by atoms with E-state index < -0.39 is 0 Å². The summed E-state index contributed by atoms with van der Waals surface area (Å²) in [5, 5.41) is 14.0. The Labute approximate surface area is 223 Å². The molecule has 0 saturated heterocycles. The molecule has 2 nitrogen and oxygen atoms in total. The maximum absolute atomic E-state index is 10.8. The van der Waals surface area contributed by atoms with Crippen LogP contribution in [-0.2, 0) is 49.5 Å². The van der Waals surface area contributed by atoms with Gasteiger partial charge in [-0.2, -0.15) is 12.1 Å². The van der Waals surface area contributed by atoms with Crippen LogP contribution in [0.4, 0.5) is 0 Å². The van der Waals surface area contributed by atoms with Crippen molar-refractivity contribution in [2.45, 2.75) is 88.7 Å². The molecule has 4 atom stereocenters. The summed E-state index contributed by atoms with van der Waals surface area (Å²) >= 11 is 8.36. The van der Waals surface area contributed by atoms with Gasteiger partial charge in [0.25, 0.3) is 0 Å². The fourth-order valence-electron chi connectivity index (χ4n) is 4.63. The first-order valence-electron chi connectivity index (χ1n) is 11.4. The summed E-state index contributed by atoms with van der Waals surface area (Å²) in [5.74, 6) is 0.781. The van der Waals surface area contributed by atoms with E-state index in [4.69, 9.17) is 16.3 Å². The predicted octanol–water partition coefficient (Wildman–Crippen LogP) is 7.08. The zero-order chi connectivity index (χ0) is 21.6. The molecule has 3 rings (SSSR count). The van der Waals surface area contributed by atoms with E-state index in [1.165, 1.54) is 28.8 Å². The number of benzene rings is 1. The van der Waals surface area contributed by atoms with Crippen LogP contribution in [0.2, 0.25) is 0 Å². The predicted molar refractivity (Wildman–Crippen MR) is 128 cm³/mol. The van der Waals surface area contributed by atoms with Crippen molar-refractivity contribution in [3.05, 3.63) is 57.8 Å². The van der Waals surface area contributed by atoms with Crippen LogP contribution in [0, 0.1) is 11.3 Å². The van der Waals surface area contributed by atoms with E-state index in [1.54, 1.807) is 11.3 Å². The minimum absolute atomic E-state index is 0. The molecule has 1 heterocycles. The zero-order valence-electron chi connectivity index (χ0n) is 19.1. The van der Waals surface area contributed by atoms with Gasteiger partial charge in [-0.3, -0.25) is 11.3 Å². The second kappa shape index (κ2) is 13.2. The Bertz CT molecular complexity index is 747. The molecule has 0 spiro atoms. The normalized spacial score (nSPS) is 22.3. The summed E-state index contributed by atoms with van der Waals surface area (Å²) in [6.45, 7) is 7.90. The summed E-state index contributed by atoms with van der Waals surface area (Å²) in [5.41, 5.74) is 2.24. The van der Waals surface area contributed by atoms with Crippen molar-refractivity contribution >= 4 is 22.9 Å². The van der Waals surface area contributed by atoms with Gasteiger partial charge in [-0.15, -0.1) is 21.9 Å². The summed E-state index contributed by atoms with van der Waals surface area (Å²) in [4.78, 5) is 1.22. The van der Waals surface area contributed by atoms with Crippen molar-refractivity contribution in [1.82, 2.24) is 0 Å². The van der Waals surface area contributed by atoms with Crippen LogP contribution in [0.1, 0.15) is 81.2 Å². The zero-order valence-corrected chi connectivity index (χ0v) is 23.6. The molecule has 2 aromatic rings. The Hall–Kier alpha value is 0.234. The number of hydrogen-bond donors (Lipinski definition) is 1. The van der Waals surface area contributed by atoms with E-state index in [2.05, 4.69) is 56.5 Å². The molecular weight excluding hydrogens is 501 g/mol. The SMILES string of the molecule is CCCCCC(O)C(C)(C)c1ccc(C2C(Cl)CCC2COCc2cc[c-]s2)cc1.[Y]. The number of hydrogen-bond acceptors (Lipinski definition) is 3. The minimum atomic E-state index is -0.321. The Kier molecular flexibility index (Phi) is 11.7. The van der Waals surface area contributed by atoms with Crippen molar-refractivity contribution in [3.8, 4) is 0 Å². The molecule has 1 aliphatic carbocycles. The van der Waals surface area contributed by atoms with Gasteiger partial charge in [0.05, 0.1) is 6.10 Å². The molecule has 0 amide bonds. The molecular formula is C26H36ClO2SY-. The van der Waals surface area contributed by atoms with E-state index in [-0.39, 0.29) is 49.6 Å². The smallest absolute Gasteiger partial charge is 0.0631 e. The first-order chi connectivity index (χ1) is 14.4. The summed E-state index contributed by atoms with van der Waals surface area (Å²) in [6, 6.07) is 12.9. The fourth-order valence-corrected chi connectivity index (χ4v) is 5.67. The molecule has 1 N–H and O–H groups in total. The van der Waals surface area contributed by atoms with Crippen LogP contribution in [-0.4, -0.2) is 23.2 Å². The van der Waals surface area contributed by atoms with Gasteiger partial charge in [0, 0.05) is 62.6 Å². The number of alkyl halides is 1. The topological polar surface area (TPSA) is 29.5 Å². The standard InChI is InChI=1S/C26H36ClO2S.Y/c1-4-5-6-9-24(28)26(2,3)21-13-10-19(11-14-21)25-20(12-15-23(25)27)17-29-18-22-8-7-16-30-22;/h7-8,10-11,13-14,20,23-25,28H,4-6,9,12,15,17-18H2,1-3H3;/q-1;. The Morgan fingerprint density at radius 1 is 1.19 bits per heavy atom. The van der Waals surface area contributed by atoms with Crippen LogP contribution < -0.4 is 0 Å². The Morgan fingerprint density at radius 3 is 2.58 bits per heavy atom. The largest absolute Gasteiger partial charge is 0.392 e. The third-order valence-corrected chi connectivity index (χ3v) is 8.03. The van der Waals surface area contributed by atoms with E-state index >= 15 is 0 Å². The first-order valence-corrected chi connectivity index (χ1v) is 12.6. The quantitative estimate of drug-likeness (QED) is 0.189. The van der Waals surface area contributed by atoms with E-state index in [9.17, 15) is 5.11 Å². The average molecular weight is 537 g/mol. The van der Waals surface area contributed by atoms with Gasteiger partial charge in [-0.1, -0.05) is 64.3 Å². The van der Waals surface area contributed by atoms with Crippen LogP contribution in [0.25, 0.3) is 0 Å². The number of rotatable bonds is 11. The second-order valence-corrected chi connectivity index (χ2v) is 10.8. The molecule has 169 valence electrons. The summed E-state index contributed by atoms with van der Waals surface area (Å²) in [6.07, 6.45) is 6.13. The molecule has 0 aliphatic heterocycles. The molecule has 0 bridgehead atoms. The summed E-state index contributed by atoms with van der Waals surface area (Å²) < 4.78 is 6.02. The van der Waals surface area contributed by atoms with Gasteiger partial charge in [-0.25, -0.2) is 0 Å². The number of halogens is 1. The molecule has 1 aliphatic rings. The number of unbranched alkanes of at least 4 members (excludes halogenated alkanes) is 2.